The van der Waals surface area contributed by atoms with Crippen molar-refractivity contribution in [2.24, 2.45) is 0 Å². The smallest absolute Gasteiger partial charge is 0.272 e. The lowest BCUT2D eigenvalue weighted by Crippen LogP contribution is -2.16. The van der Waals surface area contributed by atoms with E-state index >= 15 is 0 Å². The first-order valence-corrected chi connectivity index (χ1v) is 6.31. The molecular weight excluding hydrogens is 269 g/mol. The normalized spacial score (nSPS) is 14.4. The SMILES string of the molecule is O=C(Nc1ccc(F)nc1)c1cc(Cl)cn1C1CC1. The van der Waals surface area contributed by atoms with E-state index in [0.717, 1.165) is 12.8 Å². The lowest BCUT2D eigenvalue weighted by atomic mass is 10.3. The molecule has 3 rings (SSSR count). The summed E-state index contributed by atoms with van der Waals surface area (Å²) < 4.78 is 14.6. The van der Waals surface area contributed by atoms with E-state index in [1.807, 2.05) is 4.57 Å². The van der Waals surface area contributed by atoms with Gasteiger partial charge in [0.1, 0.15) is 5.69 Å². The van der Waals surface area contributed by atoms with Crippen molar-refractivity contribution in [2.45, 2.75) is 18.9 Å². The predicted octanol–water partition coefficient (Wildman–Crippen LogP) is 3.26. The largest absolute Gasteiger partial charge is 0.339 e. The first-order chi connectivity index (χ1) is 9.13. The van der Waals surface area contributed by atoms with Crippen LogP contribution in [0.5, 0.6) is 0 Å². The molecule has 0 unspecified atom stereocenters. The monoisotopic (exact) mass is 279 g/mol. The van der Waals surface area contributed by atoms with Crippen LogP contribution in [0.4, 0.5) is 10.1 Å². The van der Waals surface area contributed by atoms with E-state index < -0.39 is 5.95 Å². The Morgan fingerprint density at radius 1 is 1.47 bits per heavy atom. The molecule has 2 aromatic heterocycles. The maximum atomic E-state index is 12.7. The Hall–Kier alpha value is -1.88. The molecule has 0 bridgehead atoms. The van der Waals surface area contributed by atoms with Crippen LogP contribution in [0.3, 0.4) is 0 Å². The minimum atomic E-state index is -0.581. The zero-order valence-corrected chi connectivity index (χ0v) is 10.7. The van der Waals surface area contributed by atoms with E-state index in [-0.39, 0.29) is 5.91 Å². The summed E-state index contributed by atoms with van der Waals surface area (Å²) in [5, 5.41) is 3.21. The van der Waals surface area contributed by atoms with Crippen LogP contribution < -0.4 is 5.32 Å². The van der Waals surface area contributed by atoms with Gasteiger partial charge < -0.3 is 9.88 Å². The summed E-state index contributed by atoms with van der Waals surface area (Å²) in [6.45, 7) is 0. The molecule has 4 nitrogen and oxygen atoms in total. The minimum absolute atomic E-state index is 0.271. The first kappa shape index (κ1) is 12.2. The van der Waals surface area contributed by atoms with Gasteiger partial charge in [-0.05, 0) is 31.0 Å². The Morgan fingerprint density at radius 3 is 2.89 bits per heavy atom. The van der Waals surface area contributed by atoms with Crippen LogP contribution in [0.25, 0.3) is 0 Å². The maximum absolute atomic E-state index is 12.7. The van der Waals surface area contributed by atoms with Crippen LogP contribution in [0.15, 0.2) is 30.6 Å². The lowest BCUT2D eigenvalue weighted by molar-refractivity contribution is 0.101. The van der Waals surface area contributed by atoms with E-state index in [2.05, 4.69) is 10.3 Å². The molecule has 0 saturated heterocycles. The minimum Gasteiger partial charge on any atom is -0.339 e. The third-order valence-corrected chi connectivity index (χ3v) is 3.18. The van der Waals surface area contributed by atoms with Crippen LogP contribution in [-0.2, 0) is 0 Å². The van der Waals surface area contributed by atoms with Gasteiger partial charge in [0.05, 0.1) is 16.9 Å². The second-order valence-electron chi connectivity index (χ2n) is 4.51. The Labute approximate surface area is 114 Å². The predicted molar refractivity (Wildman–Crippen MR) is 69.9 cm³/mol. The van der Waals surface area contributed by atoms with E-state index in [0.29, 0.717) is 22.4 Å². The number of nitrogens with one attached hydrogen (secondary N) is 1. The number of hydrogen-bond donors (Lipinski definition) is 1. The third-order valence-electron chi connectivity index (χ3n) is 2.97. The highest BCUT2D eigenvalue weighted by Gasteiger charge is 2.27. The number of anilines is 1. The number of aromatic nitrogens is 2. The molecule has 0 aromatic carbocycles. The molecule has 0 atom stereocenters. The van der Waals surface area contributed by atoms with Gasteiger partial charge >= 0.3 is 0 Å². The van der Waals surface area contributed by atoms with Gasteiger partial charge in [-0.2, -0.15) is 4.39 Å². The van der Waals surface area contributed by atoms with Gasteiger partial charge in [0.25, 0.3) is 5.91 Å². The highest BCUT2D eigenvalue weighted by atomic mass is 35.5. The van der Waals surface area contributed by atoms with Gasteiger partial charge in [0.2, 0.25) is 5.95 Å². The van der Waals surface area contributed by atoms with Crippen molar-refractivity contribution in [2.75, 3.05) is 5.32 Å². The third kappa shape index (κ3) is 2.61. The molecular formula is C13H11ClFN3O. The summed E-state index contributed by atoms with van der Waals surface area (Å²) in [6.07, 6.45) is 5.16. The Balaban J connectivity index is 1.82. The summed E-state index contributed by atoms with van der Waals surface area (Å²) in [5.74, 6) is -0.852. The highest BCUT2D eigenvalue weighted by molar-refractivity contribution is 6.31. The molecule has 19 heavy (non-hydrogen) atoms. The molecule has 1 saturated carbocycles. The standard InChI is InChI=1S/C13H11ClFN3O/c14-8-5-11(18(7-8)10-2-3-10)13(19)17-9-1-4-12(15)16-6-9/h1,4-7,10H,2-3H2,(H,17,19). The van der Waals surface area contributed by atoms with Crippen LogP contribution >= 0.6 is 11.6 Å². The van der Waals surface area contributed by atoms with Crippen molar-refractivity contribution < 1.29 is 9.18 Å². The van der Waals surface area contributed by atoms with Crippen molar-refractivity contribution in [3.8, 4) is 0 Å². The van der Waals surface area contributed by atoms with Crippen LogP contribution in [0.1, 0.15) is 29.4 Å². The Bertz CT molecular complexity index is 619. The van der Waals surface area contributed by atoms with E-state index in [4.69, 9.17) is 11.6 Å². The van der Waals surface area contributed by atoms with Crippen molar-refractivity contribution in [1.29, 1.82) is 0 Å². The average Bonchev–Trinajstić information content (AvgIpc) is 3.15. The number of halogens is 2. The van der Waals surface area contributed by atoms with Gasteiger partial charge in [-0.3, -0.25) is 4.79 Å². The fourth-order valence-corrected chi connectivity index (χ4v) is 2.14. The van der Waals surface area contributed by atoms with Crippen LogP contribution in [0.2, 0.25) is 5.02 Å². The molecule has 1 amide bonds. The number of pyridine rings is 1. The number of rotatable bonds is 3. The van der Waals surface area contributed by atoms with Gasteiger partial charge in [-0.1, -0.05) is 11.6 Å². The summed E-state index contributed by atoms with van der Waals surface area (Å²) in [7, 11) is 0. The summed E-state index contributed by atoms with van der Waals surface area (Å²) in [6, 6.07) is 4.65. The molecule has 2 heterocycles. The fraction of sp³-hybridized carbons (Fsp3) is 0.231. The van der Waals surface area contributed by atoms with Crippen molar-refractivity contribution in [1.82, 2.24) is 9.55 Å². The second kappa shape index (κ2) is 4.66. The molecule has 1 fully saturated rings. The molecule has 2 aromatic rings. The molecule has 0 aliphatic heterocycles. The fourth-order valence-electron chi connectivity index (χ4n) is 1.93. The molecule has 98 valence electrons. The summed E-state index contributed by atoms with van der Waals surface area (Å²) in [5.41, 5.74) is 0.961. The average molecular weight is 280 g/mol. The van der Waals surface area contributed by atoms with E-state index in [9.17, 15) is 9.18 Å². The van der Waals surface area contributed by atoms with E-state index in [1.54, 1.807) is 12.3 Å². The van der Waals surface area contributed by atoms with Crippen molar-refractivity contribution in [3.63, 3.8) is 0 Å². The first-order valence-electron chi connectivity index (χ1n) is 5.94. The summed E-state index contributed by atoms with van der Waals surface area (Å²) >= 11 is 5.94. The molecule has 1 aliphatic rings. The van der Waals surface area contributed by atoms with Crippen molar-refractivity contribution in [3.05, 3.63) is 47.3 Å². The molecule has 6 heteroatoms. The molecule has 0 radical (unpaired) electrons. The van der Waals surface area contributed by atoms with Crippen LogP contribution in [-0.4, -0.2) is 15.5 Å². The summed E-state index contributed by atoms with van der Waals surface area (Å²) in [4.78, 5) is 15.6. The Kier molecular flexibility index (Phi) is 2.98. The number of carbonyl (C=O) groups excluding carboxylic acids is 1. The number of nitrogens with zero attached hydrogens (tertiary/aromatic N) is 2. The topological polar surface area (TPSA) is 46.9 Å². The van der Waals surface area contributed by atoms with Gasteiger partial charge in [0, 0.05) is 12.2 Å². The lowest BCUT2D eigenvalue weighted by Gasteiger charge is -2.08. The van der Waals surface area contributed by atoms with Gasteiger partial charge in [0.15, 0.2) is 0 Å². The molecule has 0 spiro atoms. The van der Waals surface area contributed by atoms with E-state index in [1.165, 1.54) is 18.3 Å². The number of amides is 1. The molecule has 1 N–H and O–H groups in total. The maximum Gasteiger partial charge on any atom is 0.272 e. The van der Waals surface area contributed by atoms with Gasteiger partial charge in [-0.15, -0.1) is 0 Å². The quantitative estimate of drug-likeness (QED) is 0.877. The van der Waals surface area contributed by atoms with Crippen molar-refractivity contribution >= 4 is 23.2 Å². The Morgan fingerprint density at radius 2 is 2.26 bits per heavy atom. The number of carbonyl (C=O) groups is 1. The van der Waals surface area contributed by atoms with Gasteiger partial charge in [-0.25, -0.2) is 4.98 Å². The molecule has 1 aliphatic carbocycles. The zero-order valence-electron chi connectivity index (χ0n) is 9.94. The number of hydrogen-bond acceptors (Lipinski definition) is 2. The highest BCUT2D eigenvalue weighted by Crippen LogP contribution is 2.37. The zero-order chi connectivity index (χ0) is 13.4. The van der Waals surface area contributed by atoms with Crippen LogP contribution in [0, 0.1) is 5.95 Å². The second-order valence-corrected chi connectivity index (χ2v) is 4.94.